The maximum atomic E-state index is 12.3. The molecule has 0 unspecified atom stereocenters. The average molecular weight is 348 g/mol. The first-order valence-electron chi connectivity index (χ1n) is 8.82. The first-order chi connectivity index (χ1) is 12.0. The van der Waals surface area contributed by atoms with Crippen LogP contribution in [0.2, 0.25) is 0 Å². The van der Waals surface area contributed by atoms with Crippen LogP contribution in [0.4, 0.5) is 0 Å². The van der Waals surface area contributed by atoms with Gasteiger partial charge in [0.2, 0.25) is 5.91 Å². The largest absolute Gasteiger partial charge is 0.493 e. The van der Waals surface area contributed by atoms with Crippen molar-refractivity contribution in [2.45, 2.75) is 26.7 Å². The molecule has 1 fully saturated rings. The van der Waals surface area contributed by atoms with Crippen molar-refractivity contribution in [2.24, 2.45) is 11.8 Å². The van der Waals surface area contributed by atoms with E-state index < -0.39 is 0 Å². The maximum absolute atomic E-state index is 12.3. The van der Waals surface area contributed by atoms with Gasteiger partial charge in [-0.05, 0) is 30.9 Å². The molecule has 0 atom stereocenters. The molecular weight excluding hydrogens is 320 g/mol. The summed E-state index contributed by atoms with van der Waals surface area (Å²) >= 11 is 0. The number of hydrogen-bond donors (Lipinski definition) is 1. The van der Waals surface area contributed by atoms with Crippen molar-refractivity contribution in [2.75, 3.05) is 33.4 Å². The predicted molar refractivity (Wildman–Crippen MR) is 95.6 cm³/mol. The van der Waals surface area contributed by atoms with E-state index in [1.54, 1.807) is 24.1 Å². The highest BCUT2D eigenvalue weighted by atomic mass is 16.5. The SMILES string of the molecule is COc1ccccc1OCC(=O)N1CCC(C(=O)NCC(C)C)CC1. The fourth-order valence-electron chi connectivity index (χ4n) is 2.81. The molecule has 0 saturated carbocycles. The summed E-state index contributed by atoms with van der Waals surface area (Å²) in [6.07, 6.45) is 1.40. The number of rotatable bonds is 7. The van der Waals surface area contributed by atoms with Gasteiger partial charge in [-0.15, -0.1) is 0 Å². The lowest BCUT2D eigenvalue weighted by molar-refractivity contribution is -0.137. The highest BCUT2D eigenvalue weighted by molar-refractivity contribution is 5.80. The fraction of sp³-hybridized carbons (Fsp3) is 0.579. The van der Waals surface area contributed by atoms with E-state index in [0.717, 1.165) is 0 Å². The lowest BCUT2D eigenvalue weighted by Gasteiger charge is -2.31. The van der Waals surface area contributed by atoms with Crippen molar-refractivity contribution in [1.82, 2.24) is 10.2 Å². The van der Waals surface area contributed by atoms with Crippen LogP contribution < -0.4 is 14.8 Å². The molecule has 6 heteroatoms. The van der Waals surface area contributed by atoms with Crippen LogP contribution >= 0.6 is 0 Å². The van der Waals surface area contributed by atoms with Crippen LogP contribution in [0.15, 0.2) is 24.3 Å². The number of nitrogens with zero attached hydrogens (tertiary/aromatic N) is 1. The Bertz CT molecular complexity index is 581. The number of hydrogen-bond acceptors (Lipinski definition) is 4. The van der Waals surface area contributed by atoms with E-state index in [4.69, 9.17) is 9.47 Å². The van der Waals surface area contributed by atoms with Gasteiger partial charge in [-0.1, -0.05) is 26.0 Å². The summed E-state index contributed by atoms with van der Waals surface area (Å²) in [6, 6.07) is 7.25. The number of benzene rings is 1. The van der Waals surface area contributed by atoms with Gasteiger partial charge in [0.25, 0.3) is 5.91 Å². The number of carbonyl (C=O) groups excluding carboxylic acids is 2. The first kappa shape index (κ1) is 19.1. The second kappa shape index (κ2) is 9.30. The van der Waals surface area contributed by atoms with Gasteiger partial charge in [-0.2, -0.15) is 0 Å². The normalized spacial score (nSPS) is 15.1. The first-order valence-corrected chi connectivity index (χ1v) is 8.82. The minimum absolute atomic E-state index is 0.00191. The van der Waals surface area contributed by atoms with Crippen molar-refractivity contribution < 1.29 is 19.1 Å². The van der Waals surface area contributed by atoms with Crippen LogP contribution in [-0.4, -0.2) is 50.1 Å². The van der Waals surface area contributed by atoms with Crippen LogP contribution in [0.3, 0.4) is 0 Å². The van der Waals surface area contributed by atoms with Crippen molar-refractivity contribution in [3.8, 4) is 11.5 Å². The third-order valence-corrected chi connectivity index (χ3v) is 4.32. The van der Waals surface area contributed by atoms with Gasteiger partial charge in [-0.3, -0.25) is 9.59 Å². The molecule has 0 bridgehead atoms. The molecule has 25 heavy (non-hydrogen) atoms. The Balaban J connectivity index is 1.76. The van der Waals surface area contributed by atoms with E-state index in [9.17, 15) is 9.59 Å². The third-order valence-electron chi connectivity index (χ3n) is 4.32. The molecular formula is C19H28N2O4. The number of nitrogens with one attached hydrogen (secondary N) is 1. The molecule has 0 aliphatic carbocycles. The molecule has 1 saturated heterocycles. The van der Waals surface area contributed by atoms with E-state index in [-0.39, 0.29) is 24.3 Å². The Kier molecular flexibility index (Phi) is 7.10. The van der Waals surface area contributed by atoms with Gasteiger partial charge in [0.1, 0.15) is 0 Å². The van der Waals surface area contributed by atoms with Crippen molar-refractivity contribution in [1.29, 1.82) is 0 Å². The molecule has 0 radical (unpaired) electrons. The monoisotopic (exact) mass is 348 g/mol. The minimum Gasteiger partial charge on any atom is -0.493 e. The molecule has 0 spiro atoms. The van der Waals surface area contributed by atoms with Crippen LogP contribution in [-0.2, 0) is 9.59 Å². The molecule has 1 N–H and O–H groups in total. The number of para-hydroxylation sites is 2. The van der Waals surface area contributed by atoms with E-state index in [1.165, 1.54) is 0 Å². The van der Waals surface area contributed by atoms with Gasteiger partial charge < -0.3 is 19.7 Å². The molecule has 2 rings (SSSR count). The molecule has 1 aromatic rings. The Hall–Kier alpha value is -2.24. The minimum atomic E-state index is -0.0630. The molecule has 6 nitrogen and oxygen atoms in total. The Morgan fingerprint density at radius 3 is 2.44 bits per heavy atom. The summed E-state index contributed by atoms with van der Waals surface area (Å²) in [7, 11) is 1.57. The smallest absolute Gasteiger partial charge is 0.260 e. The molecule has 2 amide bonds. The second-order valence-electron chi connectivity index (χ2n) is 6.73. The van der Waals surface area contributed by atoms with Gasteiger partial charge in [0, 0.05) is 25.6 Å². The van der Waals surface area contributed by atoms with E-state index in [2.05, 4.69) is 19.2 Å². The van der Waals surface area contributed by atoms with Crippen molar-refractivity contribution in [3.05, 3.63) is 24.3 Å². The van der Waals surface area contributed by atoms with Crippen LogP contribution in [0.5, 0.6) is 11.5 Å². The summed E-state index contributed by atoms with van der Waals surface area (Å²) in [5.74, 6) is 1.64. The van der Waals surface area contributed by atoms with Crippen molar-refractivity contribution >= 4 is 11.8 Å². The summed E-state index contributed by atoms with van der Waals surface area (Å²) in [6.45, 7) is 6.00. The molecule has 1 aliphatic heterocycles. The molecule has 138 valence electrons. The Morgan fingerprint density at radius 2 is 1.84 bits per heavy atom. The van der Waals surface area contributed by atoms with Gasteiger partial charge in [-0.25, -0.2) is 0 Å². The Morgan fingerprint density at radius 1 is 1.20 bits per heavy atom. The van der Waals surface area contributed by atoms with E-state index in [1.807, 2.05) is 12.1 Å². The molecule has 0 aromatic heterocycles. The number of ether oxygens (including phenoxy) is 2. The standard InChI is InChI=1S/C19H28N2O4/c1-14(2)12-20-19(23)15-8-10-21(11-9-15)18(22)13-25-17-7-5-4-6-16(17)24-3/h4-7,14-15H,8-13H2,1-3H3,(H,20,23). The van der Waals surface area contributed by atoms with Crippen molar-refractivity contribution in [3.63, 3.8) is 0 Å². The number of carbonyl (C=O) groups is 2. The van der Waals surface area contributed by atoms with Gasteiger partial charge in [0.05, 0.1) is 7.11 Å². The number of methoxy groups -OCH3 is 1. The number of likely N-dealkylation sites (tertiary alicyclic amines) is 1. The van der Waals surface area contributed by atoms with Gasteiger partial charge >= 0.3 is 0 Å². The number of amides is 2. The molecule has 1 heterocycles. The third kappa shape index (κ3) is 5.66. The maximum Gasteiger partial charge on any atom is 0.260 e. The zero-order valence-electron chi connectivity index (χ0n) is 15.3. The van der Waals surface area contributed by atoms with Gasteiger partial charge in [0.15, 0.2) is 18.1 Å². The van der Waals surface area contributed by atoms with Crippen LogP contribution in [0.1, 0.15) is 26.7 Å². The predicted octanol–water partition coefficient (Wildman–Crippen LogP) is 2.08. The summed E-state index contributed by atoms with van der Waals surface area (Å²) in [5.41, 5.74) is 0. The van der Waals surface area contributed by atoms with E-state index in [0.29, 0.717) is 49.9 Å². The highest BCUT2D eigenvalue weighted by Crippen LogP contribution is 2.26. The highest BCUT2D eigenvalue weighted by Gasteiger charge is 2.27. The summed E-state index contributed by atoms with van der Waals surface area (Å²) < 4.78 is 10.8. The zero-order chi connectivity index (χ0) is 18.2. The van der Waals surface area contributed by atoms with Crippen LogP contribution in [0.25, 0.3) is 0 Å². The average Bonchev–Trinajstić information content (AvgIpc) is 2.64. The lowest BCUT2D eigenvalue weighted by atomic mass is 9.95. The van der Waals surface area contributed by atoms with Crippen LogP contribution in [0, 0.1) is 11.8 Å². The topological polar surface area (TPSA) is 67.9 Å². The fourth-order valence-corrected chi connectivity index (χ4v) is 2.81. The molecule has 1 aliphatic rings. The number of piperidine rings is 1. The molecule has 1 aromatic carbocycles. The Labute approximate surface area is 149 Å². The summed E-state index contributed by atoms with van der Waals surface area (Å²) in [4.78, 5) is 26.2. The summed E-state index contributed by atoms with van der Waals surface area (Å²) in [5, 5.41) is 2.97. The zero-order valence-corrected chi connectivity index (χ0v) is 15.3. The van der Waals surface area contributed by atoms with E-state index >= 15 is 0 Å². The lowest BCUT2D eigenvalue weighted by Crippen LogP contribution is -2.45. The quantitative estimate of drug-likeness (QED) is 0.819. The second-order valence-corrected chi connectivity index (χ2v) is 6.73.